The quantitative estimate of drug-likeness (QED) is 0.848. The molecule has 0 N–H and O–H groups in total. The van der Waals surface area contributed by atoms with E-state index in [9.17, 15) is 0 Å². The van der Waals surface area contributed by atoms with Gasteiger partial charge >= 0.3 is 0 Å². The molecule has 1 aliphatic heterocycles. The van der Waals surface area contributed by atoms with Crippen molar-refractivity contribution < 1.29 is 0 Å². The molecule has 0 unspecified atom stereocenters. The van der Waals surface area contributed by atoms with E-state index in [1.54, 1.807) is 12.5 Å². The Morgan fingerprint density at radius 2 is 2.23 bits per heavy atom. The Labute approximate surface area is 132 Å². The Hall–Kier alpha value is -1.81. The van der Waals surface area contributed by atoms with E-state index in [0.29, 0.717) is 12.1 Å². The van der Waals surface area contributed by atoms with Crippen molar-refractivity contribution in [3.63, 3.8) is 0 Å². The lowest BCUT2D eigenvalue weighted by molar-refractivity contribution is 0.195. The van der Waals surface area contributed by atoms with Crippen LogP contribution >= 0.6 is 0 Å². The minimum atomic E-state index is 0.642. The Morgan fingerprint density at radius 1 is 1.32 bits per heavy atom. The van der Waals surface area contributed by atoms with Crippen LogP contribution in [0.3, 0.4) is 0 Å². The molecule has 0 bridgehead atoms. The van der Waals surface area contributed by atoms with Gasteiger partial charge in [0.25, 0.3) is 0 Å². The SMILES string of the molecule is CC(C)N1CCC[C@@H]1CCc1cc(-c2cccnc2)ncn1. The maximum atomic E-state index is 4.45. The molecule has 4 heteroatoms. The molecule has 22 heavy (non-hydrogen) atoms. The summed E-state index contributed by atoms with van der Waals surface area (Å²) in [6.07, 6.45) is 10.2. The molecule has 0 aliphatic carbocycles. The van der Waals surface area contributed by atoms with Gasteiger partial charge in [0, 0.05) is 35.7 Å². The van der Waals surface area contributed by atoms with E-state index in [1.165, 1.54) is 25.8 Å². The number of hydrogen-bond acceptors (Lipinski definition) is 4. The molecule has 0 spiro atoms. The van der Waals surface area contributed by atoms with E-state index < -0.39 is 0 Å². The average molecular weight is 296 g/mol. The number of hydrogen-bond donors (Lipinski definition) is 0. The minimum absolute atomic E-state index is 0.642. The molecule has 0 aromatic carbocycles. The Bertz CT molecular complexity index is 597. The van der Waals surface area contributed by atoms with Gasteiger partial charge in [-0.15, -0.1) is 0 Å². The largest absolute Gasteiger partial charge is 0.298 e. The summed E-state index contributed by atoms with van der Waals surface area (Å²) in [5, 5.41) is 0. The summed E-state index contributed by atoms with van der Waals surface area (Å²) < 4.78 is 0. The van der Waals surface area contributed by atoms with Crippen molar-refractivity contribution in [3.8, 4) is 11.3 Å². The highest BCUT2D eigenvalue weighted by Gasteiger charge is 2.26. The Balaban J connectivity index is 1.66. The summed E-state index contributed by atoms with van der Waals surface area (Å²) in [5.74, 6) is 0. The van der Waals surface area contributed by atoms with Crippen LogP contribution in [-0.2, 0) is 6.42 Å². The summed E-state index contributed by atoms with van der Waals surface area (Å²) >= 11 is 0. The molecular weight excluding hydrogens is 272 g/mol. The van der Waals surface area contributed by atoms with Crippen molar-refractivity contribution in [2.75, 3.05) is 6.54 Å². The van der Waals surface area contributed by atoms with Crippen molar-refractivity contribution in [1.82, 2.24) is 19.9 Å². The predicted molar refractivity (Wildman–Crippen MR) is 88.4 cm³/mol. The van der Waals surface area contributed by atoms with Crippen LogP contribution in [0, 0.1) is 0 Å². The molecule has 116 valence electrons. The number of pyridine rings is 1. The molecular formula is C18H24N4. The van der Waals surface area contributed by atoms with E-state index in [4.69, 9.17) is 0 Å². The molecule has 2 aromatic heterocycles. The molecule has 3 rings (SSSR count). The van der Waals surface area contributed by atoms with E-state index in [0.717, 1.165) is 23.4 Å². The summed E-state index contributed by atoms with van der Waals surface area (Å²) in [7, 11) is 0. The Kier molecular flexibility index (Phi) is 4.78. The highest BCUT2D eigenvalue weighted by molar-refractivity contribution is 5.57. The summed E-state index contributed by atoms with van der Waals surface area (Å²) in [6, 6.07) is 7.43. The van der Waals surface area contributed by atoms with Gasteiger partial charge in [0.05, 0.1) is 5.69 Å². The number of aryl methyl sites for hydroxylation is 1. The topological polar surface area (TPSA) is 41.9 Å². The van der Waals surface area contributed by atoms with Gasteiger partial charge in [-0.3, -0.25) is 9.88 Å². The summed E-state index contributed by atoms with van der Waals surface area (Å²) in [5.41, 5.74) is 3.14. The zero-order valence-corrected chi connectivity index (χ0v) is 13.4. The van der Waals surface area contributed by atoms with Gasteiger partial charge < -0.3 is 0 Å². The van der Waals surface area contributed by atoms with Crippen molar-refractivity contribution in [1.29, 1.82) is 0 Å². The van der Waals surface area contributed by atoms with Gasteiger partial charge in [-0.2, -0.15) is 0 Å². The second-order valence-corrected chi connectivity index (χ2v) is 6.30. The van der Waals surface area contributed by atoms with Gasteiger partial charge in [-0.05, 0) is 64.3 Å². The molecule has 4 nitrogen and oxygen atoms in total. The first kappa shape index (κ1) is 15.1. The summed E-state index contributed by atoms with van der Waals surface area (Å²) in [6.45, 7) is 5.83. The van der Waals surface area contributed by atoms with Gasteiger partial charge in [-0.1, -0.05) is 0 Å². The van der Waals surface area contributed by atoms with Crippen LogP contribution in [0.2, 0.25) is 0 Å². The van der Waals surface area contributed by atoms with Crippen LogP contribution < -0.4 is 0 Å². The van der Waals surface area contributed by atoms with Crippen molar-refractivity contribution >= 4 is 0 Å². The number of rotatable bonds is 5. The van der Waals surface area contributed by atoms with Crippen LogP contribution in [0.5, 0.6) is 0 Å². The lowest BCUT2D eigenvalue weighted by Crippen LogP contribution is -2.35. The van der Waals surface area contributed by atoms with E-state index >= 15 is 0 Å². The molecule has 1 saturated heterocycles. The first-order valence-corrected chi connectivity index (χ1v) is 8.21. The number of likely N-dealkylation sites (tertiary alicyclic amines) is 1. The van der Waals surface area contributed by atoms with Crippen molar-refractivity contribution in [2.24, 2.45) is 0 Å². The fraction of sp³-hybridized carbons (Fsp3) is 0.500. The van der Waals surface area contributed by atoms with Gasteiger partial charge in [0.2, 0.25) is 0 Å². The molecule has 0 saturated carbocycles. The average Bonchev–Trinajstić information content (AvgIpc) is 3.03. The zero-order valence-electron chi connectivity index (χ0n) is 13.4. The summed E-state index contributed by atoms with van der Waals surface area (Å²) in [4.78, 5) is 15.6. The number of aromatic nitrogens is 3. The minimum Gasteiger partial charge on any atom is -0.298 e. The highest BCUT2D eigenvalue weighted by atomic mass is 15.2. The fourth-order valence-electron chi connectivity index (χ4n) is 3.37. The maximum Gasteiger partial charge on any atom is 0.116 e. The third-order valence-corrected chi connectivity index (χ3v) is 4.50. The highest BCUT2D eigenvalue weighted by Crippen LogP contribution is 2.24. The van der Waals surface area contributed by atoms with Crippen molar-refractivity contribution in [3.05, 3.63) is 42.6 Å². The molecule has 3 heterocycles. The standard InChI is InChI=1S/C18H24N4/c1-14(2)22-10-4-6-17(22)8-7-16-11-18(21-13-20-16)15-5-3-9-19-12-15/h3,5,9,11-14,17H,4,6-8,10H2,1-2H3/t17-/m1/s1. The van der Waals surface area contributed by atoms with Gasteiger partial charge in [0.15, 0.2) is 0 Å². The van der Waals surface area contributed by atoms with Crippen LogP contribution in [0.1, 0.15) is 38.8 Å². The van der Waals surface area contributed by atoms with Gasteiger partial charge in [-0.25, -0.2) is 9.97 Å². The second kappa shape index (κ2) is 6.97. The second-order valence-electron chi connectivity index (χ2n) is 6.30. The van der Waals surface area contributed by atoms with Crippen LogP contribution in [-0.4, -0.2) is 38.5 Å². The maximum absolute atomic E-state index is 4.45. The van der Waals surface area contributed by atoms with Gasteiger partial charge in [0.1, 0.15) is 6.33 Å². The smallest absolute Gasteiger partial charge is 0.116 e. The predicted octanol–water partition coefficient (Wildman–Crippen LogP) is 3.34. The number of nitrogens with zero attached hydrogens (tertiary/aromatic N) is 4. The van der Waals surface area contributed by atoms with E-state index in [-0.39, 0.29) is 0 Å². The van der Waals surface area contributed by atoms with Crippen LogP contribution in [0.25, 0.3) is 11.3 Å². The third-order valence-electron chi connectivity index (χ3n) is 4.50. The molecule has 1 aliphatic rings. The van der Waals surface area contributed by atoms with Crippen LogP contribution in [0.4, 0.5) is 0 Å². The zero-order chi connectivity index (χ0) is 15.4. The van der Waals surface area contributed by atoms with E-state index in [1.807, 2.05) is 18.3 Å². The molecule has 1 fully saturated rings. The lowest BCUT2D eigenvalue weighted by Gasteiger charge is -2.28. The van der Waals surface area contributed by atoms with Crippen LogP contribution in [0.15, 0.2) is 36.9 Å². The van der Waals surface area contributed by atoms with Crippen molar-refractivity contribution in [2.45, 2.75) is 51.6 Å². The first-order chi connectivity index (χ1) is 10.7. The fourth-order valence-corrected chi connectivity index (χ4v) is 3.37. The molecule has 2 aromatic rings. The molecule has 0 amide bonds. The first-order valence-electron chi connectivity index (χ1n) is 8.21. The Morgan fingerprint density at radius 3 is 3.00 bits per heavy atom. The lowest BCUT2D eigenvalue weighted by atomic mass is 10.1. The normalized spacial score (nSPS) is 19.0. The van der Waals surface area contributed by atoms with E-state index in [2.05, 4.69) is 39.8 Å². The molecule has 1 atom stereocenters. The molecule has 0 radical (unpaired) electrons. The third kappa shape index (κ3) is 3.50. The monoisotopic (exact) mass is 296 g/mol.